The number of carbonyl (C=O) groups is 1. The van der Waals surface area contributed by atoms with E-state index in [2.05, 4.69) is 25.3 Å². The summed E-state index contributed by atoms with van der Waals surface area (Å²) in [5.41, 5.74) is 8.77. The van der Waals surface area contributed by atoms with Crippen LogP contribution in [0.2, 0.25) is 10.0 Å². The van der Waals surface area contributed by atoms with E-state index in [0.717, 1.165) is 35.1 Å². The van der Waals surface area contributed by atoms with Crippen LogP contribution >= 0.6 is 23.2 Å². The minimum absolute atomic E-state index is 0.0988. The molecule has 8 nitrogen and oxygen atoms in total. The third kappa shape index (κ3) is 4.85. The minimum atomic E-state index is -0.345. The molecule has 2 aromatic carbocycles. The van der Waals surface area contributed by atoms with Crippen molar-refractivity contribution in [1.82, 2.24) is 24.8 Å². The number of hydrogen-bond donors (Lipinski definition) is 3. The van der Waals surface area contributed by atoms with E-state index in [4.69, 9.17) is 28.9 Å². The summed E-state index contributed by atoms with van der Waals surface area (Å²) in [5.74, 6) is 1.50. The predicted molar refractivity (Wildman–Crippen MR) is 145 cm³/mol. The molecule has 0 bridgehead atoms. The Bertz CT molecular complexity index is 1450. The van der Waals surface area contributed by atoms with Crippen molar-refractivity contribution in [2.24, 2.45) is 11.7 Å². The van der Waals surface area contributed by atoms with Crippen molar-refractivity contribution < 1.29 is 4.79 Å². The fourth-order valence-corrected chi connectivity index (χ4v) is 5.19. The number of carbonyl (C=O) groups excluding carboxylic acids is 1. The predicted octanol–water partition coefficient (Wildman–Crippen LogP) is 5.58. The molecule has 0 radical (unpaired) electrons. The van der Waals surface area contributed by atoms with Crippen molar-refractivity contribution >= 4 is 56.9 Å². The van der Waals surface area contributed by atoms with E-state index in [1.165, 1.54) is 6.33 Å². The molecule has 3 heterocycles. The maximum Gasteiger partial charge on any atom is 0.255 e. The second-order valence-electron chi connectivity index (χ2n) is 10.1. The number of nitrogens with one attached hydrogen (secondary N) is 2. The number of aromatic amines is 1. The largest absolute Gasteiger partial charge is 0.360 e. The maximum atomic E-state index is 13.4. The van der Waals surface area contributed by atoms with Crippen LogP contribution < -0.4 is 11.1 Å². The van der Waals surface area contributed by atoms with Gasteiger partial charge >= 0.3 is 0 Å². The number of hydrogen-bond acceptors (Lipinski definition) is 6. The van der Waals surface area contributed by atoms with Crippen molar-refractivity contribution in [3.05, 3.63) is 58.1 Å². The van der Waals surface area contributed by atoms with Gasteiger partial charge < -0.3 is 20.9 Å². The van der Waals surface area contributed by atoms with Crippen LogP contribution in [-0.2, 0) is 0 Å². The number of fused-ring (bicyclic) bond motifs is 2. The molecule has 0 aliphatic carbocycles. The molecule has 1 saturated heterocycles. The lowest BCUT2D eigenvalue weighted by molar-refractivity contribution is 0.0623. The standard InChI is InChI=1S/C26H29Cl2N7O/c1-14(23-33-20-7-6-16(27)9-22(20)34-23)32-24-18-10-19(28)17(11-21(18)30-13-31-24)25(36)35-8-4-5-15(12-35)26(2,3)29/h6-7,9-11,13-15H,4-5,8,12,29H2,1-3H3,(H,33,34)(H,30,31,32). The monoisotopic (exact) mass is 525 g/mol. The van der Waals surface area contributed by atoms with Gasteiger partial charge in [0.25, 0.3) is 5.91 Å². The summed E-state index contributed by atoms with van der Waals surface area (Å²) in [6.07, 6.45) is 3.41. The number of H-pyrrole nitrogens is 1. The van der Waals surface area contributed by atoms with Crippen LogP contribution in [0, 0.1) is 5.92 Å². The Labute approximate surface area is 219 Å². The number of imidazole rings is 1. The summed E-state index contributed by atoms with van der Waals surface area (Å²) in [5, 5.41) is 5.13. The zero-order valence-corrected chi connectivity index (χ0v) is 22.0. The van der Waals surface area contributed by atoms with Crippen molar-refractivity contribution in [2.75, 3.05) is 18.4 Å². The fourth-order valence-electron chi connectivity index (χ4n) is 4.77. The highest BCUT2D eigenvalue weighted by atomic mass is 35.5. The number of anilines is 1. The third-order valence-corrected chi connectivity index (χ3v) is 7.49. The second-order valence-corrected chi connectivity index (χ2v) is 11.0. The maximum absolute atomic E-state index is 13.4. The molecular weight excluding hydrogens is 497 g/mol. The topological polar surface area (TPSA) is 113 Å². The molecule has 10 heteroatoms. The molecular formula is C26H29Cl2N7O. The Kier molecular flexibility index (Phi) is 6.53. The quantitative estimate of drug-likeness (QED) is 0.313. The van der Waals surface area contributed by atoms with Gasteiger partial charge in [-0.1, -0.05) is 23.2 Å². The Morgan fingerprint density at radius 3 is 2.81 bits per heavy atom. The van der Waals surface area contributed by atoms with Gasteiger partial charge in [-0.25, -0.2) is 15.0 Å². The summed E-state index contributed by atoms with van der Waals surface area (Å²) in [4.78, 5) is 32.1. The summed E-state index contributed by atoms with van der Waals surface area (Å²) in [6.45, 7) is 7.33. The van der Waals surface area contributed by atoms with Gasteiger partial charge in [-0.3, -0.25) is 4.79 Å². The first kappa shape index (κ1) is 24.7. The van der Waals surface area contributed by atoms with Crippen molar-refractivity contribution in [3.8, 4) is 0 Å². The van der Waals surface area contributed by atoms with Crippen molar-refractivity contribution in [3.63, 3.8) is 0 Å². The zero-order chi connectivity index (χ0) is 25.6. The van der Waals surface area contributed by atoms with Gasteiger partial charge in [0.1, 0.15) is 18.0 Å². The number of amides is 1. The number of nitrogens with zero attached hydrogens (tertiary/aromatic N) is 4. The Morgan fingerprint density at radius 1 is 1.22 bits per heavy atom. The molecule has 2 atom stereocenters. The average molecular weight is 526 g/mol. The number of halogens is 2. The van der Waals surface area contributed by atoms with Crippen molar-refractivity contribution in [1.29, 1.82) is 0 Å². The molecule has 2 aromatic heterocycles. The van der Waals surface area contributed by atoms with Crippen molar-refractivity contribution in [2.45, 2.75) is 45.2 Å². The molecule has 1 amide bonds. The smallest absolute Gasteiger partial charge is 0.255 e. The molecule has 1 aliphatic heterocycles. The second kappa shape index (κ2) is 9.50. The summed E-state index contributed by atoms with van der Waals surface area (Å²) >= 11 is 12.8. The van der Waals surface area contributed by atoms with Gasteiger partial charge in [-0.15, -0.1) is 0 Å². The van der Waals surface area contributed by atoms with E-state index in [-0.39, 0.29) is 23.4 Å². The molecule has 4 aromatic rings. The Morgan fingerprint density at radius 2 is 2.03 bits per heavy atom. The van der Waals surface area contributed by atoms with Crippen LogP contribution in [0.5, 0.6) is 0 Å². The van der Waals surface area contributed by atoms with Gasteiger partial charge in [-0.2, -0.15) is 0 Å². The number of likely N-dealkylation sites (tertiary alicyclic amines) is 1. The van der Waals surface area contributed by atoms with E-state index < -0.39 is 0 Å². The molecule has 0 spiro atoms. The van der Waals surface area contributed by atoms with Crippen LogP contribution in [-0.4, -0.2) is 49.4 Å². The van der Waals surface area contributed by atoms with E-state index >= 15 is 0 Å². The number of nitrogens with two attached hydrogens (primary N) is 1. The number of aromatic nitrogens is 4. The summed E-state index contributed by atoms with van der Waals surface area (Å²) in [6, 6.07) is 8.86. The average Bonchev–Trinajstić information content (AvgIpc) is 3.27. The van der Waals surface area contributed by atoms with E-state index in [1.54, 1.807) is 12.1 Å². The number of piperidine rings is 1. The van der Waals surface area contributed by atoms with E-state index in [0.29, 0.717) is 40.0 Å². The van der Waals surface area contributed by atoms with Gasteiger partial charge in [0.2, 0.25) is 0 Å². The fraction of sp³-hybridized carbons (Fsp3) is 0.385. The number of rotatable bonds is 5. The molecule has 5 rings (SSSR count). The summed E-state index contributed by atoms with van der Waals surface area (Å²) < 4.78 is 0. The van der Waals surface area contributed by atoms with E-state index in [9.17, 15) is 4.79 Å². The van der Waals surface area contributed by atoms with Crippen LogP contribution in [0.4, 0.5) is 5.82 Å². The normalized spacial score (nSPS) is 17.5. The van der Waals surface area contributed by atoms with E-state index in [1.807, 2.05) is 43.9 Å². The van der Waals surface area contributed by atoms with Gasteiger partial charge in [0.15, 0.2) is 0 Å². The first-order valence-corrected chi connectivity index (χ1v) is 12.8. The van der Waals surface area contributed by atoms with Crippen LogP contribution in [0.25, 0.3) is 21.9 Å². The summed E-state index contributed by atoms with van der Waals surface area (Å²) in [7, 11) is 0. The molecule has 2 unspecified atom stereocenters. The van der Waals surface area contributed by atoms with Gasteiger partial charge in [-0.05, 0) is 69.9 Å². The van der Waals surface area contributed by atoms with Crippen LogP contribution in [0.1, 0.15) is 55.8 Å². The highest BCUT2D eigenvalue weighted by molar-refractivity contribution is 6.35. The lowest BCUT2D eigenvalue weighted by Crippen LogP contribution is -2.51. The molecule has 0 saturated carbocycles. The zero-order valence-electron chi connectivity index (χ0n) is 20.5. The van der Waals surface area contributed by atoms with Gasteiger partial charge in [0.05, 0.1) is 33.2 Å². The highest BCUT2D eigenvalue weighted by Crippen LogP contribution is 2.32. The first-order chi connectivity index (χ1) is 17.1. The lowest BCUT2D eigenvalue weighted by atomic mass is 9.82. The van der Waals surface area contributed by atoms with Crippen LogP contribution in [0.15, 0.2) is 36.7 Å². The minimum Gasteiger partial charge on any atom is -0.360 e. The Balaban J connectivity index is 1.41. The molecule has 188 valence electrons. The molecule has 1 aliphatic rings. The molecule has 1 fully saturated rings. The van der Waals surface area contributed by atoms with Crippen LogP contribution in [0.3, 0.4) is 0 Å². The molecule has 36 heavy (non-hydrogen) atoms. The third-order valence-electron chi connectivity index (χ3n) is 6.94. The molecule has 4 N–H and O–H groups in total. The number of benzene rings is 2. The SMILES string of the molecule is CC(Nc1ncnc2cc(C(=O)N3CCCC(C(C)(C)N)C3)c(Cl)cc12)c1nc2ccc(Cl)cc2[nH]1. The first-order valence-electron chi connectivity index (χ1n) is 12.0. The lowest BCUT2D eigenvalue weighted by Gasteiger charge is -2.39. The Hall–Kier alpha value is -2.94. The highest BCUT2D eigenvalue weighted by Gasteiger charge is 2.33. The van der Waals surface area contributed by atoms with Gasteiger partial charge in [0, 0.05) is 29.0 Å².